The number of amidine groups is 1. The van der Waals surface area contributed by atoms with E-state index in [1.54, 1.807) is 19.1 Å². The molecule has 0 radical (unpaired) electrons. The molecule has 3 N–H and O–H groups in total. The summed E-state index contributed by atoms with van der Waals surface area (Å²) >= 11 is 0. The van der Waals surface area contributed by atoms with Crippen molar-refractivity contribution < 1.29 is 4.39 Å². The zero-order valence-corrected chi connectivity index (χ0v) is 9.21. The number of rotatable bonds is 2. The first kappa shape index (κ1) is 11.7. The summed E-state index contributed by atoms with van der Waals surface area (Å²) in [6, 6.07) is 4.93. The van der Waals surface area contributed by atoms with E-state index in [9.17, 15) is 4.39 Å². The van der Waals surface area contributed by atoms with Crippen molar-refractivity contribution in [3.63, 3.8) is 0 Å². The van der Waals surface area contributed by atoms with Gasteiger partial charge in [-0.15, -0.1) is 0 Å². The number of aliphatic imine (C=N–C) groups is 1. The Morgan fingerprint density at radius 3 is 2.60 bits per heavy atom. The second-order valence-corrected chi connectivity index (χ2v) is 3.68. The van der Waals surface area contributed by atoms with Gasteiger partial charge in [0.1, 0.15) is 11.7 Å². The number of nitrogens with zero attached hydrogens (tertiary/aromatic N) is 1. The van der Waals surface area contributed by atoms with Gasteiger partial charge in [-0.25, -0.2) is 10.2 Å². The van der Waals surface area contributed by atoms with Crippen LogP contribution in [0.1, 0.15) is 25.0 Å². The summed E-state index contributed by atoms with van der Waals surface area (Å²) in [7, 11) is 0. The van der Waals surface area contributed by atoms with Gasteiger partial charge in [0.2, 0.25) is 0 Å². The zero-order chi connectivity index (χ0) is 11.4. The number of halogens is 1. The molecule has 3 nitrogen and oxygen atoms in total. The van der Waals surface area contributed by atoms with Gasteiger partial charge in [0.15, 0.2) is 0 Å². The topological polar surface area (TPSA) is 50.4 Å². The lowest BCUT2D eigenvalue weighted by Gasteiger charge is -2.08. The van der Waals surface area contributed by atoms with Gasteiger partial charge in [-0.3, -0.25) is 4.99 Å². The predicted molar refractivity (Wildman–Crippen MR) is 60.1 cm³/mol. The third-order valence-corrected chi connectivity index (χ3v) is 1.96. The van der Waals surface area contributed by atoms with Crippen LogP contribution in [0.15, 0.2) is 23.2 Å². The highest BCUT2D eigenvalue weighted by Gasteiger charge is 2.05. The van der Waals surface area contributed by atoms with Crippen molar-refractivity contribution in [2.45, 2.75) is 26.8 Å². The Morgan fingerprint density at radius 1 is 1.47 bits per heavy atom. The summed E-state index contributed by atoms with van der Waals surface area (Å²) in [6.07, 6.45) is 0. The number of aryl methyl sites for hydroxylation is 1. The van der Waals surface area contributed by atoms with Crippen LogP contribution in [0, 0.1) is 12.7 Å². The Bertz CT molecular complexity index is 372. The zero-order valence-electron chi connectivity index (χ0n) is 9.21. The van der Waals surface area contributed by atoms with Gasteiger partial charge in [-0.1, -0.05) is 0 Å². The second kappa shape index (κ2) is 4.89. The summed E-state index contributed by atoms with van der Waals surface area (Å²) in [5.41, 5.74) is 3.90. The second-order valence-electron chi connectivity index (χ2n) is 3.68. The summed E-state index contributed by atoms with van der Waals surface area (Å²) in [5.74, 6) is 5.72. The summed E-state index contributed by atoms with van der Waals surface area (Å²) < 4.78 is 13.0. The van der Waals surface area contributed by atoms with Crippen LogP contribution in [0.5, 0.6) is 0 Å². The third kappa shape index (κ3) is 3.02. The van der Waals surface area contributed by atoms with Gasteiger partial charge in [-0.05, 0) is 44.5 Å². The minimum atomic E-state index is -0.223. The van der Waals surface area contributed by atoms with Crippen molar-refractivity contribution in [1.82, 2.24) is 5.43 Å². The first-order valence-corrected chi connectivity index (χ1v) is 4.85. The van der Waals surface area contributed by atoms with Gasteiger partial charge < -0.3 is 5.43 Å². The minimum absolute atomic E-state index is 0.140. The Kier molecular flexibility index (Phi) is 3.80. The smallest absolute Gasteiger partial charge is 0.142 e. The molecule has 82 valence electrons. The predicted octanol–water partition coefficient (Wildman–Crippen LogP) is 1.75. The molecule has 15 heavy (non-hydrogen) atoms. The maximum Gasteiger partial charge on any atom is 0.142 e. The minimum Gasteiger partial charge on any atom is -0.308 e. The lowest BCUT2D eigenvalue weighted by atomic mass is 10.1. The average Bonchev–Trinajstić information content (AvgIpc) is 2.18. The lowest BCUT2D eigenvalue weighted by Crippen LogP contribution is -2.32. The maximum absolute atomic E-state index is 13.0. The van der Waals surface area contributed by atoms with E-state index in [1.807, 2.05) is 13.8 Å². The highest BCUT2D eigenvalue weighted by Crippen LogP contribution is 2.09. The molecule has 0 aliphatic carbocycles. The van der Waals surface area contributed by atoms with Crippen LogP contribution in [0.3, 0.4) is 0 Å². The molecule has 1 rings (SSSR count). The molecule has 0 saturated heterocycles. The molecule has 0 heterocycles. The van der Waals surface area contributed by atoms with Crippen LogP contribution >= 0.6 is 0 Å². The van der Waals surface area contributed by atoms with Crippen LogP contribution in [-0.4, -0.2) is 11.9 Å². The van der Waals surface area contributed by atoms with Crippen LogP contribution < -0.4 is 11.3 Å². The Balaban J connectivity index is 3.08. The number of hydrogen-bond acceptors (Lipinski definition) is 2. The standard InChI is InChI=1S/C11H16FN3/c1-7(2)14-11(15-13)9-4-5-10(12)8(3)6-9/h4-7H,13H2,1-3H3,(H,14,15). The molecule has 4 heteroatoms. The first-order valence-electron chi connectivity index (χ1n) is 4.85. The molecule has 0 amide bonds. The molecular weight excluding hydrogens is 193 g/mol. The monoisotopic (exact) mass is 209 g/mol. The van der Waals surface area contributed by atoms with Crippen molar-refractivity contribution in [3.05, 3.63) is 35.1 Å². The van der Waals surface area contributed by atoms with Gasteiger partial charge in [0.05, 0.1) is 0 Å². The van der Waals surface area contributed by atoms with Crippen molar-refractivity contribution in [1.29, 1.82) is 0 Å². The van der Waals surface area contributed by atoms with Crippen molar-refractivity contribution in [3.8, 4) is 0 Å². The van der Waals surface area contributed by atoms with E-state index in [0.717, 1.165) is 5.56 Å². The molecule has 0 aliphatic heterocycles. The highest BCUT2D eigenvalue weighted by molar-refractivity contribution is 5.98. The van der Waals surface area contributed by atoms with Crippen molar-refractivity contribution in [2.24, 2.45) is 10.8 Å². The van der Waals surface area contributed by atoms with Crippen molar-refractivity contribution in [2.75, 3.05) is 0 Å². The molecule has 0 atom stereocenters. The molecule has 0 fully saturated rings. The largest absolute Gasteiger partial charge is 0.308 e. The molecule has 0 bridgehead atoms. The van der Waals surface area contributed by atoms with Crippen LogP contribution in [0.25, 0.3) is 0 Å². The van der Waals surface area contributed by atoms with Gasteiger partial charge in [0.25, 0.3) is 0 Å². The van der Waals surface area contributed by atoms with E-state index in [0.29, 0.717) is 11.4 Å². The van der Waals surface area contributed by atoms with Crippen LogP contribution in [0.4, 0.5) is 4.39 Å². The van der Waals surface area contributed by atoms with E-state index in [4.69, 9.17) is 5.84 Å². The van der Waals surface area contributed by atoms with Crippen LogP contribution in [-0.2, 0) is 0 Å². The quantitative estimate of drug-likeness (QED) is 0.337. The number of hydrazine groups is 1. The normalized spacial score (nSPS) is 12.0. The molecule has 0 unspecified atom stereocenters. The first-order chi connectivity index (χ1) is 7.04. The molecule has 0 aliphatic rings. The molecule has 1 aromatic carbocycles. The maximum atomic E-state index is 13.0. The SMILES string of the molecule is Cc1cc(C(=NC(C)C)NN)ccc1F. The number of hydrogen-bond donors (Lipinski definition) is 2. The fourth-order valence-corrected chi connectivity index (χ4v) is 1.25. The molecule has 1 aromatic rings. The average molecular weight is 209 g/mol. The van der Waals surface area contributed by atoms with Gasteiger partial charge >= 0.3 is 0 Å². The van der Waals surface area contributed by atoms with E-state index < -0.39 is 0 Å². The molecule has 0 saturated carbocycles. The Hall–Kier alpha value is -1.42. The Labute approximate surface area is 89.2 Å². The number of benzene rings is 1. The highest BCUT2D eigenvalue weighted by atomic mass is 19.1. The van der Waals surface area contributed by atoms with E-state index >= 15 is 0 Å². The number of nitrogens with two attached hydrogens (primary N) is 1. The van der Waals surface area contributed by atoms with Gasteiger partial charge in [-0.2, -0.15) is 0 Å². The third-order valence-electron chi connectivity index (χ3n) is 1.96. The molecule has 0 spiro atoms. The van der Waals surface area contributed by atoms with E-state index in [-0.39, 0.29) is 11.9 Å². The van der Waals surface area contributed by atoms with Gasteiger partial charge in [0, 0.05) is 11.6 Å². The Morgan fingerprint density at radius 2 is 2.13 bits per heavy atom. The van der Waals surface area contributed by atoms with E-state index in [2.05, 4.69) is 10.4 Å². The number of nitrogens with one attached hydrogen (secondary N) is 1. The summed E-state index contributed by atoms with van der Waals surface area (Å²) in [6.45, 7) is 5.61. The van der Waals surface area contributed by atoms with E-state index in [1.165, 1.54) is 6.07 Å². The summed E-state index contributed by atoms with van der Waals surface area (Å²) in [5, 5.41) is 0. The fraction of sp³-hybridized carbons (Fsp3) is 0.364. The lowest BCUT2D eigenvalue weighted by molar-refractivity contribution is 0.618. The molecular formula is C11H16FN3. The molecule has 0 aromatic heterocycles. The van der Waals surface area contributed by atoms with Crippen molar-refractivity contribution >= 4 is 5.84 Å². The fourth-order valence-electron chi connectivity index (χ4n) is 1.25. The van der Waals surface area contributed by atoms with Crippen LogP contribution in [0.2, 0.25) is 0 Å². The summed E-state index contributed by atoms with van der Waals surface area (Å²) in [4.78, 5) is 4.29.